The first-order chi connectivity index (χ1) is 18.8. The number of hydrogen-bond acceptors (Lipinski definition) is 4. The van der Waals surface area contributed by atoms with Crippen LogP contribution in [0.5, 0.6) is 0 Å². The monoisotopic (exact) mass is 520 g/mol. The second-order valence-electron chi connectivity index (χ2n) is 9.43. The lowest BCUT2D eigenvalue weighted by molar-refractivity contribution is 1.25. The zero-order valence-corrected chi connectivity index (χ0v) is 21.9. The maximum absolute atomic E-state index is 5.03. The van der Waals surface area contributed by atoms with Gasteiger partial charge in [-0.15, -0.1) is 22.7 Å². The van der Waals surface area contributed by atoms with Crippen LogP contribution in [0.2, 0.25) is 0 Å². The van der Waals surface area contributed by atoms with E-state index in [1.165, 1.54) is 40.3 Å². The minimum Gasteiger partial charge on any atom is -0.246 e. The molecule has 0 saturated carbocycles. The molecule has 0 bridgehead atoms. The molecule has 0 atom stereocenters. The summed E-state index contributed by atoms with van der Waals surface area (Å²) in [6, 6.07) is 42.9. The fraction of sp³-hybridized carbons (Fsp3) is 0. The molecule has 4 heterocycles. The standard InChI is InChI=1S/C34H20N2S2/c1-3-13-31-23(7-1)25-17-15-21(19-33(25)37-31)27-9-5-11-29(35-27)30-12-6-10-28(36-30)22-16-18-26-24-8-2-4-14-32(24)38-34(26)20-22/h1-20H. The zero-order chi connectivity index (χ0) is 25.1. The van der Waals surface area contributed by atoms with Crippen LogP contribution in [0.1, 0.15) is 0 Å². The summed E-state index contributed by atoms with van der Waals surface area (Å²) in [5.41, 5.74) is 5.92. The minimum absolute atomic E-state index is 0.878. The SMILES string of the molecule is c1cc(-c2ccc3c(c2)sc2ccccc23)nc(-c2cccc(-c3ccc4c(c3)sc3ccccc34)n2)c1. The van der Waals surface area contributed by atoms with E-state index in [9.17, 15) is 0 Å². The summed E-state index contributed by atoms with van der Waals surface area (Å²) in [5.74, 6) is 0. The zero-order valence-electron chi connectivity index (χ0n) is 20.3. The average Bonchev–Trinajstić information content (AvgIpc) is 3.54. The van der Waals surface area contributed by atoms with Gasteiger partial charge in [0.25, 0.3) is 0 Å². The Hall–Kier alpha value is -4.38. The van der Waals surface area contributed by atoms with Gasteiger partial charge >= 0.3 is 0 Å². The topological polar surface area (TPSA) is 25.8 Å². The Morgan fingerprint density at radius 3 is 1.26 bits per heavy atom. The van der Waals surface area contributed by atoms with Crippen molar-refractivity contribution in [2.75, 3.05) is 0 Å². The molecule has 0 spiro atoms. The molecular formula is C34H20N2S2. The van der Waals surface area contributed by atoms with Crippen molar-refractivity contribution in [1.29, 1.82) is 0 Å². The molecule has 0 saturated heterocycles. The van der Waals surface area contributed by atoms with Gasteiger partial charge in [-0.05, 0) is 48.5 Å². The molecule has 8 aromatic rings. The summed E-state index contributed by atoms with van der Waals surface area (Å²) in [7, 11) is 0. The van der Waals surface area contributed by atoms with Gasteiger partial charge in [-0.1, -0.05) is 72.8 Å². The van der Waals surface area contributed by atoms with Gasteiger partial charge in [0.1, 0.15) is 0 Å². The number of fused-ring (bicyclic) bond motifs is 6. The lowest BCUT2D eigenvalue weighted by Gasteiger charge is -2.07. The summed E-state index contributed by atoms with van der Waals surface area (Å²) in [5, 5.41) is 5.23. The van der Waals surface area contributed by atoms with E-state index in [0.29, 0.717) is 0 Å². The van der Waals surface area contributed by atoms with Crippen LogP contribution in [0, 0.1) is 0 Å². The van der Waals surface area contributed by atoms with E-state index in [1.54, 1.807) is 0 Å². The van der Waals surface area contributed by atoms with Crippen LogP contribution < -0.4 is 0 Å². The number of pyridine rings is 2. The number of aromatic nitrogens is 2. The van der Waals surface area contributed by atoms with E-state index >= 15 is 0 Å². The summed E-state index contributed by atoms with van der Waals surface area (Å²) in [6.45, 7) is 0. The van der Waals surface area contributed by atoms with E-state index in [0.717, 1.165) is 33.9 Å². The molecule has 0 unspecified atom stereocenters. The molecule has 0 aliphatic heterocycles. The third-order valence-corrected chi connectivity index (χ3v) is 9.38. The summed E-state index contributed by atoms with van der Waals surface area (Å²) >= 11 is 3.67. The van der Waals surface area contributed by atoms with Gasteiger partial charge in [-0.2, -0.15) is 0 Å². The van der Waals surface area contributed by atoms with Crippen LogP contribution in [-0.2, 0) is 0 Å². The Balaban J connectivity index is 1.18. The van der Waals surface area contributed by atoms with Gasteiger partial charge in [-0.3, -0.25) is 0 Å². The highest BCUT2D eigenvalue weighted by atomic mass is 32.1. The molecule has 0 aliphatic carbocycles. The van der Waals surface area contributed by atoms with Gasteiger partial charge in [0.2, 0.25) is 0 Å². The van der Waals surface area contributed by atoms with E-state index < -0.39 is 0 Å². The molecule has 4 heteroatoms. The van der Waals surface area contributed by atoms with Gasteiger partial charge < -0.3 is 0 Å². The number of hydrogen-bond donors (Lipinski definition) is 0. The molecule has 38 heavy (non-hydrogen) atoms. The average molecular weight is 521 g/mol. The van der Waals surface area contributed by atoms with Crippen LogP contribution >= 0.6 is 22.7 Å². The van der Waals surface area contributed by atoms with Crippen molar-refractivity contribution in [2.24, 2.45) is 0 Å². The molecule has 0 amide bonds. The van der Waals surface area contributed by atoms with Crippen molar-refractivity contribution in [3.8, 4) is 33.9 Å². The summed E-state index contributed by atoms with van der Waals surface area (Å²) in [6.07, 6.45) is 0. The van der Waals surface area contributed by atoms with Crippen LogP contribution in [0.15, 0.2) is 121 Å². The first-order valence-corrected chi connectivity index (χ1v) is 14.2. The highest BCUT2D eigenvalue weighted by molar-refractivity contribution is 7.26. The number of thiophene rings is 2. The Labute approximate surface area is 227 Å². The van der Waals surface area contributed by atoms with Crippen molar-refractivity contribution in [3.63, 3.8) is 0 Å². The Kier molecular flexibility index (Phi) is 4.90. The van der Waals surface area contributed by atoms with Crippen LogP contribution in [-0.4, -0.2) is 9.97 Å². The third-order valence-electron chi connectivity index (χ3n) is 7.11. The Bertz CT molecular complexity index is 2000. The molecule has 178 valence electrons. The second-order valence-corrected chi connectivity index (χ2v) is 11.6. The molecule has 4 aromatic carbocycles. The van der Waals surface area contributed by atoms with Crippen molar-refractivity contribution in [3.05, 3.63) is 121 Å². The van der Waals surface area contributed by atoms with Crippen LogP contribution in [0.3, 0.4) is 0 Å². The van der Waals surface area contributed by atoms with E-state index in [-0.39, 0.29) is 0 Å². The fourth-order valence-electron chi connectivity index (χ4n) is 5.25. The van der Waals surface area contributed by atoms with Crippen LogP contribution in [0.25, 0.3) is 74.2 Å². The molecule has 0 radical (unpaired) electrons. The minimum atomic E-state index is 0.878. The number of nitrogens with zero attached hydrogens (tertiary/aromatic N) is 2. The largest absolute Gasteiger partial charge is 0.246 e. The highest BCUT2D eigenvalue weighted by Gasteiger charge is 2.11. The summed E-state index contributed by atoms with van der Waals surface area (Å²) in [4.78, 5) is 10.1. The maximum atomic E-state index is 5.03. The fourth-order valence-corrected chi connectivity index (χ4v) is 7.54. The van der Waals surface area contributed by atoms with Crippen molar-refractivity contribution in [1.82, 2.24) is 9.97 Å². The summed E-state index contributed by atoms with van der Waals surface area (Å²) < 4.78 is 5.20. The molecule has 8 rings (SSSR count). The molecule has 4 aromatic heterocycles. The third kappa shape index (κ3) is 3.53. The smallest absolute Gasteiger partial charge is 0.0893 e. The number of rotatable bonds is 3. The molecule has 0 fully saturated rings. The lowest BCUT2D eigenvalue weighted by Crippen LogP contribution is -1.92. The van der Waals surface area contributed by atoms with Crippen molar-refractivity contribution in [2.45, 2.75) is 0 Å². The Morgan fingerprint density at radius 1 is 0.342 bits per heavy atom. The molecule has 0 aliphatic rings. The van der Waals surface area contributed by atoms with E-state index in [2.05, 4.69) is 109 Å². The van der Waals surface area contributed by atoms with Crippen molar-refractivity contribution < 1.29 is 0 Å². The van der Waals surface area contributed by atoms with Crippen LogP contribution in [0.4, 0.5) is 0 Å². The molecular weight excluding hydrogens is 501 g/mol. The van der Waals surface area contributed by atoms with Gasteiger partial charge in [-0.25, -0.2) is 9.97 Å². The van der Waals surface area contributed by atoms with Gasteiger partial charge in [0, 0.05) is 51.5 Å². The maximum Gasteiger partial charge on any atom is 0.0893 e. The van der Waals surface area contributed by atoms with Gasteiger partial charge in [0.05, 0.1) is 22.8 Å². The number of benzene rings is 4. The Morgan fingerprint density at radius 2 is 0.763 bits per heavy atom. The second kappa shape index (κ2) is 8.59. The van der Waals surface area contributed by atoms with Crippen molar-refractivity contribution >= 4 is 63.0 Å². The lowest BCUT2D eigenvalue weighted by atomic mass is 10.1. The van der Waals surface area contributed by atoms with Gasteiger partial charge in [0.15, 0.2) is 0 Å². The first kappa shape index (κ1) is 21.7. The van der Waals surface area contributed by atoms with E-state index in [4.69, 9.17) is 9.97 Å². The normalized spacial score (nSPS) is 11.7. The van der Waals surface area contributed by atoms with E-state index in [1.807, 2.05) is 34.8 Å². The highest BCUT2D eigenvalue weighted by Crippen LogP contribution is 2.37. The predicted octanol–water partition coefficient (Wildman–Crippen LogP) is 10.2. The first-order valence-electron chi connectivity index (χ1n) is 12.6. The molecule has 2 nitrogen and oxygen atoms in total. The quantitative estimate of drug-likeness (QED) is 0.232. The predicted molar refractivity (Wildman–Crippen MR) is 164 cm³/mol. The molecule has 0 N–H and O–H groups in total.